The lowest BCUT2D eigenvalue weighted by Gasteiger charge is -2.19. The fourth-order valence-corrected chi connectivity index (χ4v) is 2.01. The minimum Gasteiger partial charge on any atom is -0.477 e. The van der Waals surface area contributed by atoms with Crippen molar-refractivity contribution in [1.82, 2.24) is 19.7 Å². The van der Waals surface area contributed by atoms with Gasteiger partial charge in [-0.1, -0.05) is 0 Å². The Morgan fingerprint density at radius 3 is 2.90 bits per heavy atom. The molecule has 2 rings (SSSR count). The first-order valence-corrected chi connectivity index (χ1v) is 6.30. The van der Waals surface area contributed by atoms with Gasteiger partial charge in [0.15, 0.2) is 0 Å². The molecule has 0 spiro atoms. The van der Waals surface area contributed by atoms with Crippen LogP contribution in [0.15, 0.2) is 24.9 Å². The van der Waals surface area contributed by atoms with E-state index >= 15 is 0 Å². The van der Waals surface area contributed by atoms with Crippen molar-refractivity contribution in [3.63, 3.8) is 0 Å². The van der Waals surface area contributed by atoms with Crippen molar-refractivity contribution in [3.05, 3.63) is 36.0 Å². The number of nitrogens with zero attached hydrogens (tertiary/aromatic N) is 5. The molecule has 20 heavy (non-hydrogen) atoms. The van der Waals surface area contributed by atoms with Crippen LogP contribution in [0.2, 0.25) is 0 Å². The Morgan fingerprint density at radius 1 is 1.45 bits per heavy atom. The number of carbonyl (C=O) groups is 1. The van der Waals surface area contributed by atoms with Crippen LogP contribution in [0.3, 0.4) is 0 Å². The average molecular weight is 275 g/mol. The molecule has 0 fully saturated rings. The first-order valence-electron chi connectivity index (χ1n) is 6.30. The van der Waals surface area contributed by atoms with Crippen LogP contribution in [0.4, 0.5) is 5.82 Å². The third-order valence-electron chi connectivity index (χ3n) is 3.00. The summed E-state index contributed by atoms with van der Waals surface area (Å²) in [6, 6.07) is 0. The largest absolute Gasteiger partial charge is 0.477 e. The van der Waals surface area contributed by atoms with Crippen LogP contribution in [-0.2, 0) is 13.5 Å². The van der Waals surface area contributed by atoms with Crippen LogP contribution >= 0.6 is 0 Å². The fourth-order valence-electron chi connectivity index (χ4n) is 2.01. The van der Waals surface area contributed by atoms with E-state index in [9.17, 15) is 4.79 Å². The number of hydrogen-bond acceptors (Lipinski definition) is 5. The zero-order valence-corrected chi connectivity index (χ0v) is 11.5. The summed E-state index contributed by atoms with van der Waals surface area (Å²) in [7, 11) is 3.72. The summed E-state index contributed by atoms with van der Waals surface area (Å²) >= 11 is 0. The van der Waals surface area contributed by atoms with Gasteiger partial charge in [-0.05, 0) is 18.4 Å². The Bertz CT molecular complexity index is 596. The van der Waals surface area contributed by atoms with Crippen LogP contribution in [0.5, 0.6) is 0 Å². The highest BCUT2D eigenvalue weighted by molar-refractivity contribution is 5.92. The van der Waals surface area contributed by atoms with Crippen LogP contribution in [0.25, 0.3) is 0 Å². The maximum atomic E-state index is 11.1. The molecule has 2 heterocycles. The van der Waals surface area contributed by atoms with Crippen LogP contribution in [0.1, 0.15) is 22.3 Å². The molecule has 0 aromatic carbocycles. The monoisotopic (exact) mass is 275 g/mol. The van der Waals surface area contributed by atoms with Crippen molar-refractivity contribution in [2.75, 3.05) is 18.5 Å². The van der Waals surface area contributed by atoms with Crippen molar-refractivity contribution in [2.24, 2.45) is 7.05 Å². The lowest BCUT2D eigenvalue weighted by molar-refractivity contribution is 0.0696. The first-order chi connectivity index (χ1) is 9.58. The molecule has 7 nitrogen and oxygen atoms in total. The molecule has 2 aromatic heterocycles. The van der Waals surface area contributed by atoms with Gasteiger partial charge in [-0.2, -0.15) is 5.10 Å². The molecule has 0 atom stereocenters. The number of carboxylic acids is 1. The molecule has 0 radical (unpaired) electrons. The predicted molar refractivity (Wildman–Crippen MR) is 73.8 cm³/mol. The molecule has 0 aliphatic heterocycles. The Morgan fingerprint density at radius 2 is 2.25 bits per heavy atom. The van der Waals surface area contributed by atoms with E-state index in [0.717, 1.165) is 12.8 Å². The molecular formula is C13H17N5O2. The Kier molecular flexibility index (Phi) is 4.29. The number of aryl methyl sites for hydroxylation is 2. The summed E-state index contributed by atoms with van der Waals surface area (Å²) in [5, 5.41) is 13.2. The Labute approximate surface area is 116 Å². The quantitative estimate of drug-likeness (QED) is 0.846. The molecular weight excluding hydrogens is 258 g/mol. The minimum atomic E-state index is -1.01. The number of aromatic carboxylic acids is 1. The number of anilines is 1. The van der Waals surface area contributed by atoms with E-state index in [1.807, 2.05) is 31.4 Å². The van der Waals surface area contributed by atoms with Gasteiger partial charge in [0.2, 0.25) is 0 Å². The van der Waals surface area contributed by atoms with Gasteiger partial charge in [0, 0.05) is 33.0 Å². The van der Waals surface area contributed by atoms with E-state index in [0.29, 0.717) is 12.4 Å². The van der Waals surface area contributed by atoms with Gasteiger partial charge in [-0.15, -0.1) is 0 Å². The topological polar surface area (TPSA) is 84.1 Å². The van der Waals surface area contributed by atoms with Crippen molar-refractivity contribution < 1.29 is 9.90 Å². The normalized spacial score (nSPS) is 10.5. The van der Waals surface area contributed by atoms with Gasteiger partial charge in [-0.3, -0.25) is 4.68 Å². The fraction of sp³-hybridized carbons (Fsp3) is 0.385. The second kappa shape index (κ2) is 6.14. The highest BCUT2D eigenvalue weighted by Crippen LogP contribution is 2.15. The molecule has 0 saturated carbocycles. The summed E-state index contributed by atoms with van der Waals surface area (Å²) in [6.07, 6.45) is 8.29. The lowest BCUT2D eigenvalue weighted by Crippen LogP contribution is -2.23. The van der Waals surface area contributed by atoms with Crippen LogP contribution in [-0.4, -0.2) is 44.4 Å². The zero-order valence-electron chi connectivity index (χ0n) is 11.5. The second-order valence-corrected chi connectivity index (χ2v) is 4.61. The van der Waals surface area contributed by atoms with E-state index in [1.54, 1.807) is 4.68 Å². The van der Waals surface area contributed by atoms with Crippen LogP contribution in [0, 0.1) is 0 Å². The highest BCUT2D eigenvalue weighted by atomic mass is 16.4. The van der Waals surface area contributed by atoms with Crippen molar-refractivity contribution in [3.8, 4) is 0 Å². The molecule has 7 heteroatoms. The standard InChI is InChI=1S/C13H17N5O2/c1-17(5-3-4-10-6-16-18(2)8-10)12-11(13(19)20)7-14-9-15-12/h6-9H,3-5H2,1-2H3,(H,19,20). The molecule has 106 valence electrons. The van der Waals surface area contributed by atoms with Crippen LogP contribution < -0.4 is 4.90 Å². The zero-order chi connectivity index (χ0) is 14.5. The average Bonchev–Trinajstić information content (AvgIpc) is 2.84. The third-order valence-corrected chi connectivity index (χ3v) is 3.00. The molecule has 0 bridgehead atoms. The molecule has 0 aliphatic carbocycles. The lowest BCUT2D eigenvalue weighted by atomic mass is 10.2. The van der Waals surface area contributed by atoms with E-state index in [2.05, 4.69) is 15.1 Å². The maximum Gasteiger partial charge on any atom is 0.341 e. The minimum absolute atomic E-state index is 0.122. The number of carboxylic acid groups (broad SMARTS) is 1. The smallest absolute Gasteiger partial charge is 0.341 e. The van der Waals surface area contributed by atoms with Crippen molar-refractivity contribution >= 4 is 11.8 Å². The second-order valence-electron chi connectivity index (χ2n) is 4.61. The summed E-state index contributed by atoms with van der Waals surface area (Å²) in [6.45, 7) is 0.714. The Hall–Kier alpha value is -2.44. The van der Waals surface area contributed by atoms with Crippen molar-refractivity contribution in [1.29, 1.82) is 0 Å². The van der Waals surface area contributed by atoms with Gasteiger partial charge < -0.3 is 10.0 Å². The van der Waals surface area contributed by atoms with Crippen molar-refractivity contribution in [2.45, 2.75) is 12.8 Å². The molecule has 0 saturated heterocycles. The van der Waals surface area contributed by atoms with Gasteiger partial charge in [0.05, 0.1) is 6.20 Å². The van der Waals surface area contributed by atoms with E-state index in [-0.39, 0.29) is 5.56 Å². The summed E-state index contributed by atoms with van der Waals surface area (Å²) < 4.78 is 1.77. The molecule has 1 N–H and O–H groups in total. The summed E-state index contributed by atoms with van der Waals surface area (Å²) in [4.78, 5) is 20.7. The maximum absolute atomic E-state index is 11.1. The number of hydrogen-bond donors (Lipinski definition) is 1. The van der Waals surface area contributed by atoms with E-state index < -0.39 is 5.97 Å². The SMILES string of the molecule is CN(CCCc1cnn(C)c1)c1ncncc1C(=O)O. The Balaban J connectivity index is 1.95. The van der Waals surface area contributed by atoms with E-state index in [4.69, 9.17) is 5.11 Å². The van der Waals surface area contributed by atoms with Gasteiger partial charge in [0.25, 0.3) is 0 Å². The number of rotatable bonds is 6. The van der Waals surface area contributed by atoms with Gasteiger partial charge in [0.1, 0.15) is 17.7 Å². The first kappa shape index (κ1) is 14.0. The molecule has 0 unspecified atom stereocenters. The molecule has 0 aliphatic rings. The third kappa shape index (κ3) is 3.31. The predicted octanol–water partition coefficient (Wildman–Crippen LogP) is 0.977. The number of aromatic nitrogens is 4. The highest BCUT2D eigenvalue weighted by Gasteiger charge is 2.14. The summed E-state index contributed by atoms with van der Waals surface area (Å²) in [5.74, 6) is -0.571. The molecule has 2 aromatic rings. The van der Waals surface area contributed by atoms with Gasteiger partial charge >= 0.3 is 5.97 Å². The summed E-state index contributed by atoms with van der Waals surface area (Å²) in [5.41, 5.74) is 1.29. The van der Waals surface area contributed by atoms with E-state index in [1.165, 1.54) is 18.1 Å². The van der Waals surface area contributed by atoms with Gasteiger partial charge in [-0.25, -0.2) is 14.8 Å². The molecule has 0 amide bonds.